The van der Waals surface area contributed by atoms with Crippen LogP contribution in [0.25, 0.3) is 0 Å². The van der Waals surface area contributed by atoms with Crippen molar-refractivity contribution >= 4 is 52.4 Å². The number of piperazine rings is 1. The molecule has 5 amide bonds. The van der Waals surface area contributed by atoms with Crippen LogP contribution in [0.15, 0.2) is 54.7 Å². The Morgan fingerprint density at radius 1 is 0.783 bits per heavy atom. The third kappa shape index (κ3) is 7.93. The van der Waals surface area contributed by atoms with E-state index in [0.29, 0.717) is 34.5 Å². The maximum atomic E-state index is 13.3. The van der Waals surface area contributed by atoms with Crippen molar-refractivity contribution in [3.05, 3.63) is 77.0 Å². The largest absolute Gasteiger partial charge is 0.371 e. The van der Waals surface area contributed by atoms with Crippen molar-refractivity contribution in [3.63, 3.8) is 0 Å². The van der Waals surface area contributed by atoms with E-state index in [2.05, 4.69) is 58.3 Å². The lowest BCUT2D eigenvalue weighted by atomic mass is 9.95. The molecule has 6 aliphatic heterocycles. The molecule has 6 aliphatic rings. The fourth-order valence-electron chi connectivity index (χ4n) is 9.85. The van der Waals surface area contributed by atoms with Gasteiger partial charge < -0.3 is 24.9 Å². The second kappa shape index (κ2) is 16.7. The lowest BCUT2D eigenvalue weighted by Gasteiger charge is -2.49. The zero-order chi connectivity index (χ0) is 41.5. The molecule has 0 saturated carbocycles. The van der Waals surface area contributed by atoms with Gasteiger partial charge in [0.25, 0.3) is 11.8 Å². The first-order valence-corrected chi connectivity index (χ1v) is 21.5. The number of anilines is 4. The van der Waals surface area contributed by atoms with Crippen LogP contribution < -0.4 is 25.3 Å². The van der Waals surface area contributed by atoms with Crippen molar-refractivity contribution < 1.29 is 24.0 Å². The van der Waals surface area contributed by atoms with Gasteiger partial charge in [0.15, 0.2) is 0 Å². The number of nitriles is 1. The predicted octanol–water partition coefficient (Wildman–Crippen LogP) is 3.24. The number of imide groups is 2. The standard InChI is InChI=1S/C45H52N10O5/c1-29-22-33(3-2-32(29)24-46)51-16-12-31(13-17-51)42(57)48-40-8-5-35(25-47-40)52-14-10-30(11-15-52)26-50-18-20-53(21-19-50)36-27-54(28-36)34-4-6-37-38(23-34)45(60)55(44(37)59)39-7-9-41(56)49-43(39)58/h2-6,8,22-23,25,30-31,36,39H,7,9-21,26-28H2,1H3,(H,47,48,57)(H,49,56,58). The highest BCUT2D eigenvalue weighted by Crippen LogP contribution is 2.34. The minimum atomic E-state index is -0.962. The molecule has 0 radical (unpaired) electrons. The zero-order valence-electron chi connectivity index (χ0n) is 34.1. The molecule has 2 aromatic carbocycles. The lowest BCUT2D eigenvalue weighted by Crippen LogP contribution is -2.63. The van der Waals surface area contributed by atoms with Gasteiger partial charge >= 0.3 is 0 Å². The average molecular weight is 813 g/mol. The summed E-state index contributed by atoms with van der Waals surface area (Å²) in [6, 6.07) is 17.0. The minimum Gasteiger partial charge on any atom is -0.371 e. The van der Waals surface area contributed by atoms with Crippen molar-refractivity contribution in [1.29, 1.82) is 5.26 Å². The fourth-order valence-corrected chi connectivity index (χ4v) is 9.85. The van der Waals surface area contributed by atoms with Gasteiger partial charge in [0.05, 0.1) is 34.6 Å². The predicted molar refractivity (Wildman–Crippen MR) is 226 cm³/mol. The Morgan fingerprint density at radius 3 is 2.13 bits per heavy atom. The number of amides is 5. The summed E-state index contributed by atoms with van der Waals surface area (Å²) in [5.74, 6) is -0.712. The maximum Gasteiger partial charge on any atom is 0.262 e. The van der Waals surface area contributed by atoms with Crippen molar-refractivity contribution in [3.8, 4) is 6.07 Å². The zero-order valence-corrected chi connectivity index (χ0v) is 34.1. The van der Waals surface area contributed by atoms with E-state index in [0.717, 1.165) is 125 Å². The van der Waals surface area contributed by atoms with Crippen LogP contribution in [0.3, 0.4) is 0 Å². The van der Waals surface area contributed by atoms with Gasteiger partial charge in [-0.1, -0.05) is 0 Å². The van der Waals surface area contributed by atoms with E-state index in [1.54, 1.807) is 12.1 Å². The van der Waals surface area contributed by atoms with Gasteiger partial charge in [0, 0.05) is 102 Å². The van der Waals surface area contributed by atoms with E-state index in [4.69, 9.17) is 0 Å². The number of aryl methyl sites for hydroxylation is 1. The summed E-state index contributed by atoms with van der Waals surface area (Å²) in [6.07, 6.45) is 5.95. The monoisotopic (exact) mass is 812 g/mol. The first-order chi connectivity index (χ1) is 29.1. The number of fused-ring (bicyclic) bond motifs is 1. The molecule has 0 aliphatic carbocycles. The Kier molecular flexibility index (Phi) is 11.0. The van der Waals surface area contributed by atoms with E-state index in [1.807, 2.05) is 37.4 Å². The summed E-state index contributed by atoms with van der Waals surface area (Å²) in [6.45, 7) is 12.5. The SMILES string of the molecule is Cc1cc(N2CCC(C(=O)Nc3ccc(N4CCC(CN5CCN(C6CN(c7ccc8c(c7)C(=O)N(C7CCC(=O)NC7=O)C8=O)C6)CC5)CC4)cn3)CC2)ccc1C#N. The van der Waals surface area contributed by atoms with Crippen LogP contribution in [0.5, 0.6) is 0 Å². The maximum absolute atomic E-state index is 13.3. The van der Waals surface area contributed by atoms with Gasteiger partial charge in [-0.2, -0.15) is 5.26 Å². The molecule has 2 N–H and O–H groups in total. The summed E-state index contributed by atoms with van der Waals surface area (Å²) >= 11 is 0. The van der Waals surface area contributed by atoms with Crippen molar-refractivity contribution in [2.75, 3.05) is 92.0 Å². The Hall–Kier alpha value is -5.85. The molecule has 5 fully saturated rings. The highest BCUT2D eigenvalue weighted by atomic mass is 16.2. The highest BCUT2D eigenvalue weighted by Gasteiger charge is 2.45. The quantitative estimate of drug-likeness (QED) is 0.304. The summed E-state index contributed by atoms with van der Waals surface area (Å²) in [5, 5.41) is 14.5. The number of benzene rings is 2. The van der Waals surface area contributed by atoms with E-state index in [-0.39, 0.29) is 30.6 Å². The topological polar surface area (TPSA) is 166 Å². The molecule has 5 saturated heterocycles. The number of hydrogen-bond acceptors (Lipinski definition) is 12. The molecule has 0 bridgehead atoms. The molecule has 15 nitrogen and oxygen atoms in total. The molecule has 3 aromatic rings. The molecule has 15 heteroatoms. The first-order valence-electron chi connectivity index (χ1n) is 21.5. The number of rotatable bonds is 9. The van der Waals surface area contributed by atoms with E-state index < -0.39 is 23.8 Å². The Balaban J connectivity index is 0.676. The molecule has 60 heavy (non-hydrogen) atoms. The second-order valence-electron chi connectivity index (χ2n) is 17.3. The molecule has 312 valence electrons. The Morgan fingerprint density at radius 2 is 1.45 bits per heavy atom. The fraction of sp³-hybridized carbons (Fsp3) is 0.489. The van der Waals surface area contributed by atoms with Crippen LogP contribution in [-0.4, -0.2) is 133 Å². The van der Waals surface area contributed by atoms with Crippen LogP contribution in [0.2, 0.25) is 0 Å². The van der Waals surface area contributed by atoms with Crippen LogP contribution in [0.1, 0.15) is 70.4 Å². The highest BCUT2D eigenvalue weighted by molar-refractivity contribution is 6.23. The summed E-state index contributed by atoms with van der Waals surface area (Å²) in [7, 11) is 0. The number of carbonyl (C=O) groups is 5. The number of aromatic nitrogens is 1. The van der Waals surface area contributed by atoms with Gasteiger partial charge in [-0.15, -0.1) is 0 Å². The lowest BCUT2D eigenvalue weighted by molar-refractivity contribution is -0.136. The van der Waals surface area contributed by atoms with E-state index in [1.165, 1.54) is 0 Å². The van der Waals surface area contributed by atoms with Crippen molar-refractivity contribution in [2.24, 2.45) is 11.8 Å². The third-order valence-corrected chi connectivity index (χ3v) is 13.6. The van der Waals surface area contributed by atoms with Crippen LogP contribution in [0.4, 0.5) is 22.9 Å². The molecular weight excluding hydrogens is 761 g/mol. The third-order valence-electron chi connectivity index (χ3n) is 13.6. The van der Waals surface area contributed by atoms with Gasteiger partial charge in [-0.05, 0) is 99.0 Å². The molecular formula is C45H52N10O5. The van der Waals surface area contributed by atoms with Gasteiger partial charge in [-0.25, -0.2) is 4.98 Å². The van der Waals surface area contributed by atoms with Crippen LogP contribution in [0, 0.1) is 30.1 Å². The summed E-state index contributed by atoms with van der Waals surface area (Å²) in [5.41, 5.74) is 5.39. The average Bonchev–Trinajstić information content (AvgIpc) is 3.49. The number of nitrogens with zero attached hydrogens (tertiary/aromatic N) is 8. The number of hydrogen-bond donors (Lipinski definition) is 2. The molecule has 7 heterocycles. The molecule has 1 aromatic heterocycles. The number of piperidine rings is 3. The van der Waals surface area contributed by atoms with Crippen molar-refractivity contribution in [2.45, 2.75) is 57.5 Å². The Labute approximate surface area is 350 Å². The Bertz CT molecular complexity index is 2210. The number of pyridine rings is 1. The molecule has 9 rings (SSSR count). The normalized spacial score (nSPS) is 22.4. The van der Waals surface area contributed by atoms with Gasteiger partial charge in [0.1, 0.15) is 11.9 Å². The van der Waals surface area contributed by atoms with Gasteiger partial charge in [0.2, 0.25) is 17.7 Å². The summed E-state index contributed by atoms with van der Waals surface area (Å²) in [4.78, 5) is 81.3. The van der Waals surface area contributed by atoms with Crippen molar-refractivity contribution in [1.82, 2.24) is 25.0 Å². The second-order valence-corrected chi connectivity index (χ2v) is 17.3. The van der Waals surface area contributed by atoms with E-state index in [9.17, 15) is 29.2 Å². The van der Waals surface area contributed by atoms with Gasteiger partial charge in [-0.3, -0.25) is 39.1 Å². The first kappa shape index (κ1) is 39.6. The van der Waals surface area contributed by atoms with Crippen LogP contribution in [-0.2, 0) is 14.4 Å². The minimum absolute atomic E-state index is 0.0263. The number of nitrogens with one attached hydrogen (secondary N) is 2. The van der Waals surface area contributed by atoms with Crippen LogP contribution >= 0.6 is 0 Å². The smallest absolute Gasteiger partial charge is 0.262 e. The molecule has 1 atom stereocenters. The molecule has 0 spiro atoms. The summed E-state index contributed by atoms with van der Waals surface area (Å²) < 4.78 is 0. The molecule has 1 unspecified atom stereocenters. The number of carbonyl (C=O) groups excluding carboxylic acids is 5. The van der Waals surface area contributed by atoms with E-state index >= 15 is 0 Å².